The van der Waals surface area contributed by atoms with E-state index in [0.29, 0.717) is 6.04 Å². The largest absolute Gasteiger partial charge is 0.375 e. The fourth-order valence-corrected chi connectivity index (χ4v) is 3.06. The molecule has 96 valence electrons. The molecule has 1 aliphatic rings. The van der Waals surface area contributed by atoms with Gasteiger partial charge in [-0.25, -0.2) is 4.98 Å². The van der Waals surface area contributed by atoms with E-state index in [0.717, 1.165) is 35.4 Å². The molecule has 0 aliphatic carbocycles. The van der Waals surface area contributed by atoms with Crippen molar-refractivity contribution in [3.05, 3.63) is 23.1 Å². The second kappa shape index (κ2) is 4.17. The van der Waals surface area contributed by atoms with E-state index in [4.69, 9.17) is 17.0 Å². The van der Waals surface area contributed by atoms with E-state index in [1.165, 1.54) is 0 Å². The first kappa shape index (κ1) is 11.9. The molecular weight excluding hydrogens is 246 g/mol. The van der Waals surface area contributed by atoms with Crippen LogP contribution >= 0.6 is 12.2 Å². The lowest BCUT2D eigenvalue weighted by molar-refractivity contribution is -0.0687. The van der Waals surface area contributed by atoms with Crippen molar-refractivity contribution in [2.24, 2.45) is 0 Å². The zero-order valence-electron chi connectivity index (χ0n) is 10.6. The summed E-state index contributed by atoms with van der Waals surface area (Å²) in [6.07, 6.45) is 3.76. The Labute approximate surface area is 111 Å². The Morgan fingerprint density at radius 1 is 1.56 bits per heavy atom. The minimum Gasteiger partial charge on any atom is -0.375 e. The number of aromatic amines is 1. The van der Waals surface area contributed by atoms with Gasteiger partial charge in [-0.1, -0.05) is 0 Å². The molecule has 4 nitrogen and oxygen atoms in total. The van der Waals surface area contributed by atoms with Crippen LogP contribution in [0.1, 0.15) is 32.7 Å². The molecule has 1 atom stereocenters. The van der Waals surface area contributed by atoms with Gasteiger partial charge in [0.1, 0.15) is 0 Å². The van der Waals surface area contributed by atoms with Gasteiger partial charge in [-0.05, 0) is 51.0 Å². The Balaban J connectivity index is 2.09. The second-order valence-corrected chi connectivity index (χ2v) is 5.82. The van der Waals surface area contributed by atoms with E-state index >= 15 is 0 Å². The van der Waals surface area contributed by atoms with E-state index in [1.807, 2.05) is 18.3 Å². The first-order chi connectivity index (χ1) is 8.57. The van der Waals surface area contributed by atoms with Gasteiger partial charge in [0.2, 0.25) is 0 Å². The number of ether oxygens (including phenoxy) is 1. The monoisotopic (exact) mass is 263 g/mol. The van der Waals surface area contributed by atoms with Gasteiger partial charge in [-0.2, -0.15) is 0 Å². The first-order valence-electron chi connectivity index (χ1n) is 6.26. The predicted molar refractivity (Wildman–Crippen MR) is 73.2 cm³/mol. The summed E-state index contributed by atoms with van der Waals surface area (Å²) in [4.78, 5) is 7.68. The summed E-state index contributed by atoms with van der Waals surface area (Å²) in [5.41, 5.74) is 1.87. The van der Waals surface area contributed by atoms with Crippen molar-refractivity contribution in [3.8, 4) is 0 Å². The van der Waals surface area contributed by atoms with Crippen molar-refractivity contribution >= 4 is 23.4 Å². The number of H-pyrrole nitrogens is 1. The van der Waals surface area contributed by atoms with Crippen molar-refractivity contribution in [1.82, 2.24) is 14.5 Å². The lowest BCUT2D eigenvalue weighted by Crippen LogP contribution is -2.35. The maximum Gasteiger partial charge on any atom is 0.179 e. The Bertz CT molecular complexity index is 628. The summed E-state index contributed by atoms with van der Waals surface area (Å²) >= 11 is 5.44. The number of nitrogens with zero attached hydrogens (tertiary/aromatic N) is 2. The minimum atomic E-state index is -0.0872. The van der Waals surface area contributed by atoms with Gasteiger partial charge in [0.15, 0.2) is 10.4 Å². The average Bonchev–Trinajstić information content (AvgIpc) is 2.63. The molecule has 0 bridgehead atoms. The number of imidazole rings is 1. The normalized spacial score (nSPS) is 23.3. The Morgan fingerprint density at radius 2 is 2.39 bits per heavy atom. The highest BCUT2D eigenvalue weighted by Gasteiger charge is 2.31. The van der Waals surface area contributed by atoms with Crippen LogP contribution in [0.2, 0.25) is 0 Å². The summed E-state index contributed by atoms with van der Waals surface area (Å²) < 4.78 is 8.67. The molecule has 0 amide bonds. The molecule has 3 heterocycles. The van der Waals surface area contributed by atoms with Gasteiger partial charge >= 0.3 is 0 Å². The molecule has 2 aromatic heterocycles. The fourth-order valence-electron chi connectivity index (χ4n) is 2.72. The van der Waals surface area contributed by atoms with Gasteiger partial charge in [-0.15, -0.1) is 0 Å². The standard InChI is InChI=1S/C13H17N3OS/c1-13(2)8-9(5-7-17-13)16-11-10(15-12(16)18)4-3-6-14-11/h3-4,6,9H,5,7-8H2,1-2H3,(H,15,18). The zero-order valence-corrected chi connectivity index (χ0v) is 11.5. The first-order valence-corrected chi connectivity index (χ1v) is 6.67. The fraction of sp³-hybridized carbons (Fsp3) is 0.538. The number of aromatic nitrogens is 3. The van der Waals surface area contributed by atoms with Crippen molar-refractivity contribution in [1.29, 1.82) is 0 Å². The third-order valence-electron chi connectivity index (χ3n) is 3.51. The molecule has 1 saturated heterocycles. The van der Waals surface area contributed by atoms with Crippen LogP contribution in [0.5, 0.6) is 0 Å². The molecule has 3 rings (SSSR count). The third kappa shape index (κ3) is 1.97. The van der Waals surface area contributed by atoms with E-state index < -0.39 is 0 Å². The molecule has 0 aromatic carbocycles. The molecule has 18 heavy (non-hydrogen) atoms. The van der Waals surface area contributed by atoms with Crippen LogP contribution in [0, 0.1) is 4.77 Å². The van der Waals surface area contributed by atoms with Crippen LogP contribution in [0.25, 0.3) is 11.2 Å². The molecule has 0 spiro atoms. The predicted octanol–water partition coefficient (Wildman–Crippen LogP) is 3.22. The van der Waals surface area contributed by atoms with Gasteiger partial charge in [0.25, 0.3) is 0 Å². The van der Waals surface area contributed by atoms with Crippen molar-refractivity contribution in [3.63, 3.8) is 0 Å². The molecule has 5 heteroatoms. The quantitative estimate of drug-likeness (QED) is 0.803. The van der Waals surface area contributed by atoms with Crippen LogP contribution in [-0.2, 0) is 4.74 Å². The van der Waals surface area contributed by atoms with Crippen molar-refractivity contribution in [2.45, 2.75) is 38.3 Å². The number of hydrogen-bond acceptors (Lipinski definition) is 3. The van der Waals surface area contributed by atoms with Crippen LogP contribution < -0.4 is 0 Å². The van der Waals surface area contributed by atoms with E-state index in [9.17, 15) is 0 Å². The summed E-state index contributed by atoms with van der Waals surface area (Å²) in [5.74, 6) is 0. The Morgan fingerprint density at radius 3 is 3.17 bits per heavy atom. The van der Waals surface area contributed by atoms with E-state index in [2.05, 4.69) is 28.4 Å². The molecule has 0 saturated carbocycles. The van der Waals surface area contributed by atoms with Gasteiger partial charge in [0.05, 0.1) is 11.1 Å². The maximum atomic E-state index is 5.77. The summed E-state index contributed by atoms with van der Waals surface area (Å²) in [6, 6.07) is 4.30. The smallest absolute Gasteiger partial charge is 0.179 e. The third-order valence-corrected chi connectivity index (χ3v) is 3.81. The summed E-state index contributed by atoms with van der Waals surface area (Å²) in [6.45, 7) is 5.04. The SMILES string of the molecule is CC1(C)CC(n2c(=S)[nH]c3cccnc32)CCO1. The maximum absolute atomic E-state index is 5.77. The van der Waals surface area contributed by atoms with Crippen LogP contribution in [0.3, 0.4) is 0 Å². The molecule has 1 aliphatic heterocycles. The summed E-state index contributed by atoms with van der Waals surface area (Å²) in [7, 11) is 0. The van der Waals surface area contributed by atoms with Crippen molar-refractivity contribution < 1.29 is 4.74 Å². The number of hydrogen-bond donors (Lipinski definition) is 1. The van der Waals surface area contributed by atoms with Crippen LogP contribution in [0.15, 0.2) is 18.3 Å². The topological polar surface area (TPSA) is 42.8 Å². The van der Waals surface area contributed by atoms with Gasteiger partial charge < -0.3 is 9.72 Å². The number of rotatable bonds is 1. The van der Waals surface area contributed by atoms with Gasteiger partial charge in [0, 0.05) is 18.8 Å². The summed E-state index contributed by atoms with van der Waals surface area (Å²) in [5, 5.41) is 0. The van der Waals surface area contributed by atoms with Gasteiger partial charge in [-0.3, -0.25) is 4.57 Å². The molecular formula is C13H17N3OS. The zero-order chi connectivity index (χ0) is 12.8. The van der Waals surface area contributed by atoms with Crippen LogP contribution in [0.4, 0.5) is 0 Å². The van der Waals surface area contributed by atoms with Crippen molar-refractivity contribution in [2.75, 3.05) is 6.61 Å². The molecule has 0 radical (unpaired) electrons. The molecule has 1 N–H and O–H groups in total. The number of pyridine rings is 1. The molecule has 1 fully saturated rings. The average molecular weight is 263 g/mol. The number of fused-ring (bicyclic) bond motifs is 1. The lowest BCUT2D eigenvalue weighted by Gasteiger charge is -2.36. The number of nitrogens with one attached hydrogen (secondary N) is 1. The van der Waals surface area contributed by atoms with E-state index in [-0.39, 0.29) is 5.60 Å². The minimum absolute atomic E-state index is 0.0872. The van der Waals surface area contributed by atoms with E-state index in [1.54, 1.807) is 0 Å². The molecule has 2 aromatic rings. The highest BCUT2D eigenvalue weighted by atomic mass is 32.1. The lowest BCUT2D eigenvalue weighted by atomic mass is 9.94. The Hall–Kier alpha value is -1.20. The molecule has 1 unspecified atom stereocenters. The second-order valence-electron chi connectivity index (χ2n) is 5.43. The van der Waals surface area contributed by atoms with Crippen LogP contribution in [-0.4, -0.2) is 26.7 Å². The Kier molecular flexibility index (Phi) is 2.75. The highest BCUT2D eigenvalue weighted by Crippen LogP contribution is 2.33. The highest BCUT2D eigenvalue weighted by molar-refractivity contribution is 7.71.